The number of carbonyl (C=O) groups excluding carboxylic acids is 2. The van der Waals surface area contributed by atoms with Gasteiger partial charge in [0.1, 0.15) is 4.88 Å². The Bertz CT molecular complexity index is 920. The number of carbonyl (C=O) groups is 2. The molecule has 0 spiro atoms. The van der Waals surface area contributed by atoms with Crippen LogP contribution < -0.4 is 5.32 Å². The molecule has 31 heavy (non-hydrogen) atoms. The van der Waals surface area contributed by atoms with Crippen LogP contribution in [0.25, 0.3) is 0 Å². The molecule has 2 heterocycles. The third-order valence-corrected chi connectivity index (χ3v) is 7.17. The summed E-state index contributed by atoms with van der Waals surface area (Å²) in [5.74, 6) is -0.0396. The zero-order valence-electron chi connectivity index (χ0n) is 18.0. The Labute approximate surface area is 187 Å². The number of amides is 1. The van der Waals surface area contributed by atoms with Crippen LogP contribution in [0.3, 0.4) is 0 Å². The van der Waals surface area contributed by atoms with Gasteiger partial charge in [0, 0.05) is 31.1 Å². The van der Waals surface area contributed by atoms with Gasteiger partial charge in [0.15, 0.2) is 6.61 Å². The van der Waals surface area contributed by atoms with Crippen molar-refractivity contribution in [2.24, 2.45) is 5.92 Å². The van der Waals surface area contributed by atoms with Crippen LogP contribution >= 0.6 is 11.3 Å². The monoisotopic (exact) mass is 442 g/mol. The van der Waals surface area contributed by atoms with E-state index in [0.29, 0.717) is 17.3 Å². The molecule has 7 heteroatoms. The topological polar surface area (TPSA) is 67.9 Å². The summed E-state index contributed by atoms with van der Waals surface area (Å²) in [6.07, 6.45) is 3.21. The number of benzene rings is 1. The predicted molar refractivity (Wildman–Crippen MR) is 120 cm³/mol. The number of thiophene rings is 1. The Balaban J connectivity index is 1.26. The molecule has 4 rings (SSSR count). The molecule has 1 aromatic heterocycles. The van der Waals surface area contributed by atoms with Crippen molar-refractivity contribution in [3.63, 3.8) is 0 Å². The van der Waals surface area contributed by atoms with E-state index in [-0.39, 0.29) is 12.5 Å². The molecule has 0 bridgehead atoms. The minimum atomic E-state index is -0.407. The van der Waals surface area contributed by atoms with Crippen LogP contribution in [0.2, 0.25) is 0 Å². The second-order valence-corrected chi connectivity index (χ2v) is 9.55. The maximum Gasteiger partial charge on any atom is 0.348 e. The average Bonchev–Trinajstić information content (AvgIpc) is 3.21. The van der Waals surface area contributed by atoms with Crippen molar-refractivity contribution in [2.45, 2.75) is 39.3 Å². The standard InChI is InChI=1S/C24H30N2O4S/c1-17-6-7-21-20(12-17)13-22(31-21)24(28)30-16-23(27)25-14-18-4-2-3-5-19(18)15-26-8-10-29-11-9-26/h2-5,13,17H,6-12,14-16H2,1H3,(H,25,27)/t17-/m0/s1. The van der Waals surface area contributed by atoms with Gasteiger partial charge >= 0.3 is 5.97 Å². The van der Waals surface area contributed by atoms with Crippen LogP contribution in [0.5, 0.6) is 0 Å². The number of rotatable bonds is 7. The highest BCUT2D eigenvalue weighted by Crippen LogP contribution is 2.32. The zero-order valence-corrected chi connectivity index (χ0v) is 18.8. The number of aryl methyl sites for hydroxylation is 1. The molecule has 0 radical (unpaired) electrons. The van der Waals surface area contributed by atoms with Crippen molar-refractivity contribution in [1.29, 1.82) is 0 Å². The van der Waals surface area contributed by atoms with E-state index < -0.39 is 5.97 Å². The lowest BCUT2D eigenvalue weighted by Crippen LogP contribution is -2.36. The number of hydrogen-bond donors (Lipinski definition) is 1. The van der Waals surface area contributed by atoms with E-state index in [4.69, 9.17) is 9.47 Å². The summed E-state index contributed by atoms with van der Waals surface area (Å²) in [5.41, 5.74) is 3.53. The van der Waals surface area contributed by atoms with E-state index in [0.717, 1.165) is 57.7 Å². The summed E-state index contributed by atoms with van der Waals surface area (Å²) in [4.78, 5) is 28.9. The van der Waals surface area contributed by atoms with Crippen molar-refractivity contribution in [3.05, 3.63) is 56.8 Å². The van der Waals surface area contributed by atoms with Gasteiger partial charge in [0.2, 0.25) is 0 Å². The van der Waals surface area contributed by atoms with E-state index in [9.17, 15) is 9.59 Å². The minimum absolute atomic E-state index is 0.260. The number of esters is 1. The molecule has 1 aliphatic carbocycles. The number of nitrogens with zero attached hydrogens (tertiary/aromatic N) is 1. The second kappa shape index (κ2) is 10.4. The molecule has 1 aliphatic heterocycles. The molecular formula is C24H30N2O4S. The molecule has 0 saturated carbocycles. The van der Waals surface area contributed by atoms with Gasteiger partial charge in [-0.25, -0.2) is 4.79 Å². The first-order valence-corrected chi connectivity index (χ1v) is 11.8. The van der Waals surface area contributed by atoms with Crippen molar-refractivity contribution >= 4 is 23.2 Å². The molecule has 1 amide bonds. The third kappa shape index (κ3) is 5.93. The van der Waals surface area contributed by atoms with Crippen LogP contribution in [-0.2, 0) is 40.2 Å². The maximum atomic E-state index is 12.4. The summed E-state index contributed by atoms with van der Waals surface area (Å²) >= 11 is 1.51. The van der Waals surface area contributed by atoms with Crippen LogP contribution in [0, 0.1) is 5.92 Å². The van der Waals surface area contributed by atoms with E-state index in [1.165, 1.54) is 27.3 Å². The predicted octanol–water partition coefficient (Wildman–Crippen LogP) is 3.18. The van der Waals surface area contributed by atoms with Crippen LogP contribution in [0.4, 0.5) is 0 Å². The van der Waals surface area contributed by atoms with E-state index in [1.807, 2.05) is 24.3 Å². The van der Waals surface area contributed by atoms with Gasteiger partial charge in [-0.15, -0.1) is 11.3 Å². The molecule has 2 aliphatic rings. The van der Waals surface area contributed by atoms with Crippen molar-refractivity contribution in [3.8, 4) is 0 Å². The SMILES string of the molecule is C[C@H]1CCc2sc(C(=O)OCC(=O)NCc3ccccc3CN3CCOCC3)cc2C1. The van der Waals surface area contributed by atoms with Gasteiger partial charge in [-0.3, -0.25) is 9.69 Å². The Morgan fingerprint density at radius 2 is 2.00 bits per heavy atom. The summed E-state index contributed by atoms with van der Waals surface area (Å²) in [5, 5.41) is 2.88. The number of nitrogens with one attached hydrogen (secondary N) is 1. The number of hydrogen-bond acceptors (Lipinski definition) is 6. The van der Waals surface area contributed by atoms with Crippen LogP contribution in [0.15, 0.2) is 30.3 Å². The maximum absolute atomic E-state index is 12.4. The highest BCUT2D eigenvalue weighted by molar-refractivity contribution is 7.14. The fraction of sp³-hybridized carbons (Fsp3) is 0.500. The molecule has 1 saturated heterocycles. The van der Waals surface area contributed by atoms with Gasteiger partial charge in [0.25, 0.3) is 5.91 Å². The lowest BCUT2D eigenvalue weighted by atomic mass is 9.90. The zero-order chi connectivity index (χ0) is 21.6. The first kappa shape index (κ1) is 22.0. The molecule has 6 nitrogen and oxygen atoms in total. The van der Waals surface area contributed by atoms with Gasteiger partial charge in [-0.05, 0) is 47.9 Å². The molecular weight excluding hydrogens is 412 g/mol. The number of ether oxygens (including phenoxy) is 2. The third-order valence-electron chi connectivity index (χ3n) is 5.96. The highest BCUT2D eigenvalue weighted by Gasteiger charge is 2.22. The molecule has 1 atom stereocenters. The lowest BCUT2D eigenvalue weighted by Gasteiger charge is -2.27. The Hall–Kier alpha value is -2.22. The fourth-order valence-corrected chi connectivity index (χ4v) is 5.24. The van der Waals surface area contributed by atoms with Crippen LogP contribution in [-0.4, -0.2) is 49.7 Å². The molecule has 1 fully saturated rings. The van der Waals surface area contributed by atoms with Gasteiger partial charge in [-0.2, -0.15) is 0 Å². The van der Waals surface area contributed by atoms with Gasteiger partial charge in [-0.1, -0.05) is 31.2 Å². The fourth-order valence-electron chi connectivity index (χ4n) is 4.14. The molecule has 1 N–H and O–H groups in total. The smallest absolute Gasteiger partial charge is 0.348 e. The summed E-state index contributed by atoms with van der Waals surface area (Å²) in [7, 11) is 0. The average molecular weight is 443 g/mol. The van der Waals surface area contributed by atoms with Crippen molar-refractivity contribution in [2.75, 3.05) is 32.9 Å². The largest absolute Gasteiger partial charge is 0.451 e. The lowest BCUT2D eigenvalue weighted by molar-refractivity contribution is -0.124. The van der Waals surface area contributed by atoms with Crippen molar-refractivity contribution in [1.82, 2.24) is 10.2 Å². The second-order valence-electron chi connectivity index (χ2n) is 8.42. The Morgan fingerprint density at radius 1 is 1.23 bits per heavy atom. The normalized spacial score (nSPS) is 18.9. The summed E-state index contributed by atoms with van der Waals surface area (Å²) in [6, 6.07) is 10.1. The highest BCUT2D eigenvalue weighted by atomic mass is 32.1. The molecule has 2 aromatic rings. The summed E-state index contributed by atoms with van der Waals surface area (Å²) in [6.45, 7) is 6.59. The Morgan fingerprint density at radius 3 is 2.81 bits per heavy atom. The first-order valence-electron chi connectivity index (χ1n) is 11.0. The minimum Gasteiger partial charge on any atom is -0.451 e. The molecule has 0 unspecified atom stereocenters. The van der Waals surface area contributed by atoms with E-state index >= 15 is 0 Å². The molecule has 166 valence electrons. The van der Waals surface area contributed by atoms with Gasteiger partial charge < -0.3 is 14.8 Å². The Kier molecular flexibility index (Phi) is 7.37. The molecule has 1 aromatic carbocycles. The van der Waals surface area contributed by atoms with E-state index in [1.54, 1.807) is 0 Å². The van der Waals surface area contributed by atoms with Crippen molar-refractivity contribution < 1.29 is 19.1 Å². The quantitative estimate of drug-likeness (QED) is 0.667. The van der Waals surface area contributed by atoms with E-state index in [2.05, 4.69) is 23.2 Å². The number of morpholine rings is 1. The van der Waals surface area contributed by atoms with Crippen LogP contribution in [0.1, 0.15) is 44.6 Å². The summed E-state index contributed by atoms with van der Waals surface area (Å²) < 4.78 is 10.7. The number of fused-ring (bicyclic) bond motifs is 1. The first-order chi connectivity index (χ1) is 15.1. The van der Waals surface area contributed by atoms with Gasteiger partial charge in [0.05, 0.1) is 13.2 Å².